The summed E-state index contributed by atoms with van der Waals surface area (Å²) in [6.07, 6.45) is 5.67. The number of aliphatic hydroxyl groups is 1. The Labute approximate surface area is 198 Å². The van der Waals surface area contributed by atoms with Crippen molar-refractivity contribution < 1.29 is 9.90 Å². The molecule has 34 heavy (non-hydrogen) atoms. The Hall–Kier alpha value is -3.84. The van der Waals surface area contributed by atoms with E-state index in [4.69, 9.17) is 4.98 Å². The molecule has 0 saturated carbocycles. The molecule has 0 fully saturated rings. The number of likely N-dealkylation sites (N-methyl/N-ethyl adjacent to an activating group) is 1. The van der Waals surface area contributed by atoms with Crippen molar-refractivity contribution in [2.75, 3.05) is 13.6 Å². The molecule has 2 aromatic carbocycles. The summed E-state index contributed by atoms with van der Waals surface area (Å²) in [5, 5.41) is 15.0. The minimum Gasteiger partial charge on any atom is -0.387 e. The van der Waals surface area contributed by atoms with Crippen LogP contribution in [0.25, 0.3) is 17.2 Å². The summed E-state index contributed by atoms with van der Waals surface area (Å²) in [7, 11) is 1.68. The quantitative estimate of drug-likeness (QED) is 0.495. The number of hydrogen-bond donors (Lipinski definition) is 1. The molecule has 1 atom stereocenters. The van der Waals surface area contributed by atoms with Crippen molar-refractivity contribution in [1.82, 2.24) is 24.6 Å². The van der Waals surface area contributed by atoms with Crippen LogP contribution >= 0.6 is 0 Å². The molecule has 0 unspecified atom stereocenters. The number of hydrogen-bond acceptors (Lipinski definition) is 5. The highest BCUT2D eigenvalue weighted by Crippen LogP contribution is 2.31. The molecule has 0 saturated heterocycles. The summed E-state index contributed by atoms with van der Waals surface area (Å²) in [5.74, 6) is 0.234. The van der Waals surface area contributed by atoms with Crippen LogP contribution in [-0.2, 0) is 12.8 Å². The number of rotatable bonds is 5. The molecular weight excluding hydrogens is 426 g/mol. The molecule has 7 nitrogen and oxygen atoms in total. The smallest absolute Gasteiger partial charge is 0.257 e. The second-order valence-corrected chi connectivity index (χ2v) is 8.72. The van der Waals surface area contributed by atoms with Gasteiger partial charge in [-0.05, 0) is 42.9 Å². The van der Waals surface area contributed by atoms with E-state index in [1.807, 2.05) is 49.5 Å². The number of carbonyl (C=O) groups excluding carboxylic acids is 1. The van der Waals surface area contributed by atoms with Gasteiger partial charge in [0.25, 0.3) is 11.9 Å². The van der Waals surface area contributed by atoms with Gasteiger partial charge in [-0.3, -0.25) is 4.79 Å². The Kier molecular flexibility index (Phi) is 5.94. The zero-order chi connectivity index (χ0) is 23.7. The molecule has 4 aromatic rings. The molecule has 172 valence electrons. The number of amides is 1. The molecule has 5 rings (SSSR count). The second-order valence-electron chi connectivity index (χ2n) is 8.72. The monoisotopic (exact) mass is 453 g/mol. The third-order valence-electron chi connectivity index (χ3n) is 6.42. The van der Waals surface area contributed by atoms with Crippen LogP contribution in [0.15, 0.2) is 67.0 Å². The number of aryl methyl sites for hydroxylation is 2. The summed E-state index contributed by atoms with van der Waals surface area (Å²) in [5.41, 5.74) is 6.38. The number of nitrogens with zero attached hydrogens (tertiary/aromatic N) is 5. The predicted molar refractivity (Wildman–Crippen MR) is 130 cm³/mol. The van der Waals surface area contributed by atoms with Gasteiger partial charge in [0.15, 0.2) is 0 Å². The first-order chi connectivity index (χ1) is 16.5. The first-order valence-corrected chi connectivity index (χ1v) is 11.5. The van der Waals surface area contributed by atoms with Gasteiger partial charge in [0, 0.05) is 18.8 Å². The van der Waals surface area contributed by atoms with Crippen LogP contribution in [0.4, 0.5) is 0 Å². The Balaban J connectivity index is 1.42. The van der Waals surface area contributed by atoms with Crippen LogP contribution in [-0.4, -0.2) is 49.3 Å². The van der Waals surface area contributed by atoms with Crippen molar-refractivity contribution in [1.29, 1.82) is 0 Å². The molecule has 2 heterocycles. The van der Waals surface area contributed by atoms with Crippen LogP contribution in [0.5, 0.6) is 0 Å². The average molecular weight is 454 g/mol. The van der Waals surface area contributed by atoms with Crippen LogP contribution in [0, 0.1) is 6.92 Å². The zero-order valence-corrected chi connectivity index (χ0v) is 19.3. The summed E-state index contributed by atoms with van der Waals surface area (Å²) < 4.78 is 1.61. The van der Waals surface area contributed by atoms with E-state index in [9.17, 15) is 9.90 Å². The van der Waals surface area contributed by atoms with Crippen LogP contribution in [0.3, 0.4) is 0 Å². The molecule has 1 N–H and O–H groups in total. The lowest BCUT2D eigenvalue weighted by Crippen LogP contribution is -2.31. The molecule has 1 aliphatic carbocycles. The fraction of sp³-hybridized carbons (Fsp3) is 0.259. The van der Waals surface area contributed by atoms with Gasteiger partial charge in [-0.25, -0.2) is 14.6 Å². The first kappa shape index (κ1) is 22.0. The number of aromatic nitrogens is 4. The first-order valence-electron chi connectivity index (χ1n) is 11.5. The van der Waals surface area contributed by atoms with Crippen molar-refractivity contribution in [2.45, 2.75) is 32.3 Å². The molecule has 1 aliphatic rings. The van der Waals surface area contributed by atoms with E-state index in [0.717, 1.165) is 41.6 Å². The average Bonchev–Trinajstić information content (AvgIpc) is 3.15. The number of carbonyl (C=O) groups is 1. The van der Waals surface area contributed by atoms with Gasteiger partial charge in [-0.2, -0.15) is 5.10 Å². The molecule has 0 bridgehead atoms. The minimum absolute atomic E-state index is 0.180. The van der Waals surface area contributed by atoms with E-state index in [1.54, 1.807) is 17.9 Å². The summed E-state index contributed by atoms with van der Waals surface area (Å²) >= 11 is 0. The van der Waals surface area contributed by atoms with Crippen molar-refractivity contribution in [3.8, 4) is 17.2 Å². The Bertz CT molecular complexity index is 1330. The van der Waals surface area contributed by atoms with Crippen LogP contribution < -0.4 is 0 Å². The molecule has 1 amide bonds. The zero-order valence-electron chi connectivity index (χ0n) is 19.3. The van der Waals surface area contributed by atoms with E-state index in [0.29, 0.717) is 17.2 Å². The maximum absolute atomic E-state index is 13.1. The van der Waals surface area contributed by atoms with Crippen LogP contribution in [0.2, 0.25) is 0 Å². The largest absolute Gasteiger partial charge is 0.387 e. The van der Waals surface area contributed by atoms with Crippen molar-refractivity contribution in [2.24, 2.45) is 0 Å². The highest BCUT2D eigenvalue weighted by molar-refractivity contribution is 5.95. The Morgan fingerprint density at radius 2 is 1.79 bits per heavy atom. The van der Waals surface area contributed by atoms with Crippen LogP contribution in [0.1, 0.15) is 45.3 Å². The predicted octanol–water partition coefficient (Wildman–Crippen LogP) is 3.93. The van der Waals surface area contributed by atoms with E-state index in [-0.39, 0.29) is 12.5 Å². The maximum Gasteiger partial charge on any atom is 0.257 e. The topological polar surface area (TPSA) is 84.1 Å². The van der Waals surface area contributed by atoms with Crippen molar-refractivity contribution >= 4 is 5.91 Å². The number of fused-ring (bicyclic) bond motifs is 3. The van der Waals surface area contributed by atoms with Gasteiger partial charge in [-0.15, -0.1) is 0 Å². The second kappa shape index (κ2) is 9.19. The van der Waals surface area contributed by atoms with Gasteiger partial charge in [0.2, 0.25) is 0 Å². The highest BCUT2D eigenvalue weighted by Gasteiger charge is 2.23. The maximum atomic E-state index is 13.1. The standard InChI is InChI=1S/C27H27N5O2/c1-18-23(26(34)31(2)17-24(33)20-10-4-3-5-11-20)16-29-32(18)27-28-15-21-13-8-12-19-9-6-7-14-22(19)25(21)30-27/h3-7,9-11,14-16,24,33H,8,12-13,17H2,1-2H3/t24-/m1/s1. The molecule has 0 radical (unpaired) electrons. The Morgan fingerprint density at radius 3 is 2.62 bits per heavy atom. The van der Waals surface area contributed by atoms with Gasteiger partial charge in [0.05, 0.1) is 35.8 Å². The van der Waals surface area contributed by atoms with E-state index in [2.05, 4.69) is 28.3 Å². The lowest BCUT2D eigenvalue weighted by molar-refractivity contribution is 0.0680. The van der Waals surface area contributed by atoms with Gasteiger partial charge in [-0.1, -0.05) is 54.6 Å². The molecule has 2 aromatic heterocycles. The number of benzene rings is 2. The lowest BCUT2D eigenvalue weighted by atomic mass is 10.0. The van der Waals surface area contributed by atoms with Gasteiger partial charge < -0.3 is 10.0 Å². The fourth-order valence-electron chi connectivity index (χ4n) is 4.50. The molecule has 7 heteroatoms. The number of aliphatic hydroxyl groups excluding tert-OH is 1. The SMILES string of the molecule is Cc1c(C(=O)N(C)C[C@@H](O)c2ccccc2)cnn1-c1ncc2c(n1)-c1ccccc1CCC2. The molecule has 0 aliphatic heterocycles. The van der Waals surface area contributed by atoms with Gasteiger partial charge >= 0.3 is 0 Å². The minimum atomic E-state index is -0.765. The fourth-order valence-corrected chi connectivity index (χ4v) is 4.50. The highest BCUT2D eigenvalue weighted by atomic mass is 16.3. The lowest BCUT2D eigenvalue weighted by Gasteiger charge is -2.21. The normalized spacial score (nSPS) is 13.5. The molecular formula is C27H27N5O2. The summed E-state index contributed by atoms with van der Waals surface area (Å²) in [6, 6.07) is 17.7. The molecule has 0 spiro atoms. The summed E-state index contributed by atoms with van der Waals surface area (Å²) in [6.45, 7) is 2.02. The van der Waals surface area contributed by atoms with E-state index >= 15 is 0 Å². The Morgan fingerprint density at radius 1 is 1.06 bits per heavy atom. The van der Waals surface area contributed by atoms with E-state index < -0.39 is 6.10 Å². The van der Waals surface area contributed by atoms with Crippen molar-refractivity contribution in [3.63, 3.8) is 0 Å². The summed E-state index contributed by atoms with van der Waals surface area (Å²) in [4.78, 5) is 24.1. The van der Waals surface area contributed by atoms with Crippen molar-refractivity contribution in [3.05, 3.63) is 94.9 Å². The van der Waals surface area contributed by atoms with E-state index in [1.165, 1.54) is 10.5 Å². The third-order valence-corrected chi connectivity index (χ3v) is 6.42. The third kappa shape index (κ3) is 4.10. The van der Waals surface area contributed by atoms with Gasteiger partial charge in [0.1, 0.15) is 0 Å².